The summed E-state index contributed by atoms with van der Waals surface area (Å²) in [5.74, 6) is 1.08. The van der Waals surface area contributed by atoms with E-state index in [9.17, 15) is 4.79 Å². The number of hydrogen-bond acceptors (Lipinski definition) is 4. The average Bonchev–Trinajstić information content (AvgIpc) is 3.23. The molecule has 0 bridgehead atoms. The van der Waals surface area contributed by atoms with Gasteiger partial charge in [-0.15, -0.1) is 0 Å². The van der Waals surface area contributed by atoms with Crippen LogP contribution in [0.1, 0.15) is 38.2 Å². The molecular formula is C24H42N6O. The number of likely N-dealkylation sites (N-methyl/N-ethyl adjacent to an activating group) is 1. The third-order valence-electron chi connectivity index (χ3n) is 6.11. The van der Waals surface area contributed by atoms with E-state index in [4.69, 9.17) is 0 Å². The maximum absolute atomic E-state index is 12.3. The molecule has 2 atom stereocenters. The van der Waals surface area contributed by atoms with Gasteiger partial charge < -0.3 is 15.5 Å². The molecule has 1 fully saturated rings. The molecule has 1 aromatic rings. The van der Waals surface area contributed by atoms with Crippen LogP contribution in [-0.4, -0.2) is 93.0 Å². The summed E-state index contributed by atoms with van der Waals surface area (Å²) < 4.78 is 0. The van der Waals surface area contributed by atoms with Crippen molar-refractivity contribution in [2.45, 2.75) is 51.2 Å². The van der Waals surface area contributed by atoms with E-state index in [1.165, 1.54) is 5.56 Å². The topological polar surface area (TPSA) is 63.2 Å². The van der Waals surface area contributed by atoms with Gasteiger partial charge in [0.2, 0.25) is 5.91 Å². The number of hydrogen-bond donors (Lipinski definition) is 2. The molecule has 31 heavy (non-hydrogen) atoms. The lowest BCUT2D eigenvalue weighted by molar-refractivity contribution is -0.133. The zero-order chi connectivity index (χ0) is 22.6. The Morgan fingerprint density at radius 3 is 2.58 bits per heavy atom. The van der Waals surface area contributed by atoms with Crippen molar-refractivity contribution in [1.29, 1.82) is 0 Å². The molecule has 2 unspecified atom stereocenters. The Bertz CT molecular complexity index is 678. The molecular weight excluding hydrogens is 388 g/mol. The highest BCUT2D eigenvalue weighted by Gasteiger charge is 2.30. The number of amides is 1. The van der Waals surface area contributed by atoms with Gasteiger partial charge in [-0.1, -0.05) is 30.3 Å². The number of rotatable bonds is 11. The molecule has 2 N–H and O–H groups in total. The molecule has 2 rings (SSSR count). The van der Waals surface area contributed by atoms with E-state index in [-0.39, 0.29) is 11.9 Å². The summed E-state index contributed by atoms with van der Waals surface area (Å²) in [4.78, 5) is 23.1. The van der Waals surface area contributed by atoms with Crippen LogP contribution in [0.25, 0.3) is 0 Å². The summed E-state index contributed by atoms with van der Waals surface area (Å²) in [7, 11) is 7.68. The van der Waals surface area contributed by atoms with Gasteiger partial charge in [0, 0.05) is 53.4 Å². The molecule has 7 heteroatoms. The van der Waals surface area contributed by atoms with Gasteiger partial charge in [-0.05, 0) is 51.8 Å². The van der Waals surface area contributed by atoms with E-state index < -0.39 is 0 Å². The SMILES string of the molecule is CN=C(NCCCN1CCCC1C(=O)N(C)C)NCCC(C)N(C)Cc1ccccc1. The number of carbonyl (C=O) groups is 1. The largest absolute Gasteiger partial charge is 0.356 e. The minimum absolute atomic E-state index is 0.0572. The standard InChI is InChI=1S/C24H42N6O/c1-20(29(5)19-21-11-7-6-8-12-21)14-16-27-24(25-2)26-15-10-18-30-17-9-13-22(30)23(31)28(3)4/h6-8,11-12,20,22H,9-10,13-19H2,1-5H3,(H2,25,26,27). The second-order valence-electron chi connectivity index (χ2n) is 8.74. The fourth-order valence-corrected chi connectivity index (χ4v) is 4.03. The number of guanidine groups is 1. The first-order valence-corrected chi connectivity index (χ1v) is 11.6. The Kier molecular flexibility index (Phi) is 10.8. The fourth-order valence-electron chi connectivity index (χ4n) is 4.03. The number of likely N-dealkylation sites (tertiary alicyclic amines) is 1. The molecule has 1 amide bonds. The summed E-state index contributed by atoms with van der Waals surface area (Å²) in [6, 6.07) is 11.1. The van der Waals surface area contributed by atoms with Crippen molar-refractivity contribution in [1.82, 2.24) is 25.3 Å². The van der Waals surface area contributed by atoms with Crippen molar-refractivity contribution in [3.8, 4) is 0 Å². The van der Waals surface area contributed by atoms with Crippen LogP contribution in [0.2, 0.25) is 0 Å². The Morgan fingerprint density at radius 1 is 1.19 bits per heavy atom. The highest BCUT2D eigenvalue weighted by molar-refractivity contribution is 5.81. The van der Waals surface area contributed by atoms with Crippen molar-refractivity contribution in [2.24, 2.45) is 4.99 Å². The second-order valence-corrected chi connectivity index (χ2v) is 8.74. The van der Waals surface area contributed by atoms with Gasteiger partial charge in [0.25, 0.3) is 0 Å². The van der Waals surface area contributed by atoms with E-state index in [0.717, 1.165) is 64.4 Å². The summed E-state index contributed by atoms with van der Waals surface area (Å²) in [5.41, 5.74) is 1.34. The van der Waals surface area contributed by atoms with Gasteiger partial charge >= 0.3 is 0 Å². The van der Waals surface area contributed by atoms with E-state index in [0.29, 0.717) is 6.04 Å². The number of nitrogens with zero attached hydrogens (tertiary/aromatic N) is 4. The number of carbonyl (C=O) groups excluding carboxylic acids is 1. The Morgan fingerprint density at radius 2 is 1.90 bits per heavy atom. The summed E-state index contributed by atoms with van der Waals surface area (Å²) in [6.45, 7) is 6.92. The zero-order valence-corrected chi connectivity index (χ0v) is 20.1. The van der Waals surface area contributed by atoms with Crippen LogP contribution in [0.15, 0.2) is 35.3 Å². The minimum Gasteiger partial charge on any atom is -0.356 e. The highest BCUT2D eigenvalue weighted by atomic mass is 16.2. The normalized spacial score (nSPS) is 18.3. The molecule has 0 aliphatic carbocycles. The van der Waals surface area contributed by atoms with Gasteiger partial charge in [-0.2, -0.15) is 0 Å². The molecule has 0 aromatic heterocycles. The lowest BCUT2D eigenvalue weighted by Gasteiger charge is -2.26. The van der Waals surface area contributed by atoms with Gasteiger partial charge in [0.1, 0.15) is 0 Å². The van der Waals surface area contributed by atoms with Gasteiger partial charge in [-0.3, -0.25) is 19.6 Å². The quantitative estimate of drug-likeness (QED) is 0.319. The third kappa shape index (κ3) is 8.50. The monoisotopic (exact) mass is 430 g/mol. The molecule has 0 radical (unpaired) electrons. The number of nitrogens with one attached hydrogen (secondary N) is 2. The number of benzene rings is 1. The lowest BCUT2D eigenvalue weighted by atomic mass is 10.1. The van der Waals surface area contributed by atoms with Crippen molar-refractivity contribution in [3.63, 3.8) is 0 Å². The Balaban J connectivity index is 1.62. The molecule has 0 saturated carbocycles. The van der Waals surface area contributed by atoms with Crippen LogP contribution >= 0.6 is 0 Å². The molecule has 1 aromatic carbocycles. The zero-order valence-electron chi connectivity index (χ0n) is 20.1. The smallest absolute Gasteiger partial charge is 0.239 e. The maximum atomic E-state index is 12.3. The highest BCUT2D eigenvalue weighted by Crippen LogP contribution is 2.18. The number of aliphatic imine (C=N–C) groups is 1. The van der Waals surface area contributed by atoms with Crippen LogP contribution in [0.4, 0.5) is 0 Å². The third-order valence-corrected chi connectivity index (χ3v) is 6.11. The molecule has 7 nitrogen and oxygen atoms in total. The van der Waals surface area contributed by atoms with Crippen LogP contribution in [0.3, 0.4) is 0 Å². The summed E-state index contributed by atoms with van der Waals surface area (Å²) in [6.07, 6.45) is 4.13. The fraction of sp³-hybridized carbons (Fsp3) is 0.667. The second kappa shape index (κ2) is 13.3. The molecule has 1 aliphatic rings. The van der Waals surface area contributed by atoms with Gasteiger partial charge in [-0.25, -0.2) is 0 Å². The van der Waals surface area contributed by atoms with E-state index >= 15 is 0 Å². The van der Waals surface area contributed by atoms with E-state index in [1.54, 1.807) is 4.90 Å². The van der Waals surface area contributed by atoms with Crippen LogP contribution in [0.5, 0.6) is 0 Å². The lowest BCUT2D eigenvalue weighted by Crippen LogP contribution is -2.44. The first-order valence-electron chi connectivity index (χ1n) is 11.6. The predicted octanol–water partition coefficient (Wildman–Crippen LogP) is 2.00. The van der Waals surface area contributed by atoms with Crippen molar-refractivity contribution >= 4 is 11.9 Å². The van der Waals surface area contributed by atoms with Gasteiger partial charge in [0.15, 0.2) is 5.96 Å². The molecule has 1 aliphatic heterocycles. The van der Waals surface area contributed by atoms with E-state index in [1.807, 2.05) is 21.1 Å². The van der Waals surface area contributed by atoms with Crippen molar-refractivity contribution in [2.75, 3.05) is 54.4 Å². The summed E-state index contributed by atoms with van der Waals surface area (Å²) >= 11 is 0. The van der Waals surface area contributed by atoms with Crippen LogP contribution < -0.4 is 10.6 Å². The first-order chi connectivity index (χ1) is 14.9. The predicted molar refractivity (Wildman–Crippen MR) is 129 cm³/mol. The van der Waals surface area contributed by atoms with Crippen molar-refractivity contribution < 1.29 is 4.79 Å². The van der Waals surface area contributed by atoms with Crippen LogP contribution in [0, 0.1) is 0 Å². The molecule has 174 valence electrons. The van der Waals surface area contributed by atoms with Crippen LogP contribution in [-0.2, 0) is 11.3 Å². The average molecular weight is 431 g/mol. The van der Waals surface area contributed by atoms with Gasteiger partial charge in [0.05, 0.1) is 6.04 Å². The molecule has 1 saturated heterocycles. The molecule has 0 spiro atoms. The van der Waals surface area contributed by atoms with Crippen molar-refractivity contribution in [3.05, 3.63) is 35.9 Å². The maximum Gasteiger partial charge on any atom is 0.239 e. The van der Waals surface area contributed by atoms with E-state index in [2.05, 4.69) is 69.7 Å². The first kappa shape index (κ1) is 25.1. The Hall–Kier alpha value is -2.12. The Labute approximate surface area is 188 Å². The summed E-state index contributed by atoms with van der Waals surface area (Å²) in [5, 5.41) is 6.83. The minimum atomic E-state index is 0.0572. The molecule has 1 heterocycles.